The maximum absolute atomic E-state index is 11.2. The normalized spacial score (nSPS) is 11.6. The zero-order chi connectivity index (χ0) is 10.1. The Morgan fingerprint density at radius 3 is 2.31 bits per heavy atom. The van der Waals surface area contributed by atoms with Crippen molar-refractivity contribution in [3.05, 3.63) is 23.8 Å². The third kappa shape index (κ3) is 2.48. The summed E-state index contributed by atoms with van der Waals surface area (Å²) in [5, 5.41) is 0. The fourth-order valence-electron chi connectivity index (χ4n) is 1.16. The van der Waals surface area contributed by atoms with Gasteiger partial charge < -0.3 is 0 Å². The topological polar surface area (TPSA) is 34.1 Å². The SMILES string of the molecule is CSc1ccc(S(C)(=O)=O)c(C)c1. The Kier molecular flexibility index (Phi) is 3.03. The Hall–Kier alpha value is -0.480. The Labute approximate surface area is 83.3 Å². The molecule has 0 saturated heterocycles. The molecule has 0 atom stereocenters. The second kappa shape index (κ2) is 3.72. The molecule has 13 heavy (non-hydrogen) atoms. The summed E-state index contributed by atoms with van der Waals surface area (Å²) in [4.78, 5) is 1.51. The summed E-state index contributed by atoms with van der Waals surface area (Å²) < 4.78 is 22.5. The third-order valence-corrected chi connectivity index (χ3v) is 3.76. The van der Waals surface area contributed by atoms with Crippen LogP contribution in [0, 0.1) is 6.92 Å². The summed E-state index contributed by atoms with van der Waals surface area (Å²) in [6.45, 7) is 1.82. The molecule has 2 nitrogen and oxygen atoms in total. The van der Waals surface area contributed by atoms with Crippen molar-refractivity contribution in [1.82, 2.24) is 0 Å². The van der Waals surface area contributed by atoms with Crippen LogP contribution in [-0.2, 0) is 9.84 Å². The van der Waals surface area contributed by atoms with Gasteiger partial charge in [0, 0.05) is 11.2 Å². The molecule has 1 aromatic rings. The summed E-state index contributed by atoms with van der Waals surface area (Å²) in [6, 6.07) is 5.38. The molecule has 0 amide bonds. The van der Waals surface area contributed by atoms with Gasteiger partial charge in [0.05, 0.1) is 4.90 Å². The number of hydrogen-bond donors (Lipinski definition) is 0. The smallest absolute Gasteiger partial charge is 0.175 e. The number of benzene rings is 1. The minimum atomic E-state index is -3.07. The first-order chi connectivity index (χ1) is 5.95. The van der Waals surface area contributed by atoms with Gasteiger partial charge in [0.2, 0.25) is 0 Å². The first-order valence-electron chi connectivity index (χ1n) is 3.80. The molecular formula is C9H12O2S2. The highest BCUT2D eigenvalue weighted by molar-refractivity contribution is 7.98. The van der Waals surface area contributed by atoms with Crippen LogP contribution in [0.25, 0.3) is 0 Å². The molecule has 72 valence electrons. The van der Waals surface area contributed by atoms with Gasteiger partial charge in [0.1, 0.15) is 0 Å². The number of hydrogen-bond acceptors (Lipinski definition) is 3. The average Bonchev–Trinajstić information content (AvgIpc) is 2.01. The standard InChI is InChI=1S/C9H12O2S2/c1-7-6-8(12-2)4-5-9(7)13(3,10)11/h4-6H,1-3H3. The molecule has 1 aromatic carbocycles. The number of aryl methyl sites for hydroxylation is 1. The molecule has 1 rings (SSSR count). The van der Waals surface area contributed by atoms with E-state index in [-0.39, 0.29) is 0 Å². The zero-order valence-corrected chi connectivity index (χ0v) is 9.50. The highest BCUT2D eigenvalue weighted by atomic mass is 32.2. The molecule has 4 heteroatoms. The van der Waals surface area contributed by atoms with Gasteiger partial charge in [-0.3, -0.25) is 0 Å². The van der Waals surface area contributed by atoms with Crippen LogP contribution in [0.15, 0.2) is 28.0 Å². The van der Waals surface area contributed by atoms with E-state index in [0.29, 0.717) is 4.90 Å². The molecule has 0 fully saturated rings. The van der Waals surface area contributed by atoms with Crippen LogP contribution in [0.1, 0.15) is 5.56 Å². The fraction of sp³-hybridized carbons (Fsp3) is 0.333. The van der Waals surface area contributed by atoms with Crippen LogP contribution in [0.4, 0.5) is 0 Å². The first-order valence-corrected chi connectivity index (χ1v) is 6.91. The number of thioether (sulfide) groups is 1. The van der Waals surface area contributed by atoms with E-state index in [1.165, 1.54) is 6.26 Å². The van der Waals surface area contributed by atoms with Crippen LogP contribution < -0.4 is 0 Å². The summed E-state index contributed by atoms with van der Waals surface area (Å²) in [6.07, 6.45) is 3.20. The van der Waals surface area contributed by atoms with Crippen molar-refractivity contribution in [2.75, 3.05) is 12.5 Å². The Balaban J connectivity index is 3.29. The van der Waals surface area contributed by atoms with Crippen molar-refractivity contribution >= 4 is 21.6 Å². The van der Waals surface area contributed by atoms with Crippen LogP contribution in [0.5, 0.6) is 0 Å². The highest BCUT2D eigenvalue weighted by Crippen LogP contribution is 2.21. The molecule has 0 unspecified atom stereocenters. The van der Waals surface area contributed by atoms with E-state index in [0.717, 1.165) is 10.5 Å². The molecule has 0 aromatic heterocycles. The van der Waals surface area contributed by atoms with E-state index >= 15 is 0 Å². The lowest BCUT2D eigenvalue weighted by molar-refractivity contribution is 0.601. The van der Waals surface area contributed by atoms with E-state index in [2.05, 4.69) is 0 Å². The largest absolute Gasteiger partial charge is 0.224 e. The molecule has 0 aliphatic rings. The maximum Gasteiger partial charge on any atom is 0.175 e. The van der Waals surface area contributed by atoms with Gasteiger partial charge >= 0.3 is 0 Å². The van der Waals surface area contributed by atoms with Gasteiger partial charge in [0.25, 0.3) is 0 Å². The van der Waals surface area contributed by atoms with Crippen LogP contribution in [0.2, 0.25) is 0 Å². The minimum absolute atomic E-state index is 0.422. The molecular weight excluding hydrogens is 204 g/mol. The lowest BCUT2D eigenvalue weighted by Crippen LogP contribution is -1.99. The third-order valence-electron chi connectivity index (χ3n) is 1.78. The van der Waals surface area contributed by atoms with Crippen molar-refractivity contribution in [2.24, 2.45) is 0 Å². The van der Waals surface area contributed by atoms with Crippen molar-refractivity contribution in [3.63, 3.8) is 0 Å². The van der Waals surface area contributed by atoms with E-state index in [1.54, 1.807) is 17.8 Å². The molecule has 0 heterocycles. The Morgan fingerprint density at radius 2 is 1.92 bits per heavy atom. The van der Waals surface area contributed by atoms with Gasteiger partial charge in [-0.1, -0.05) is 0 Å². The molecule has 0 bridgehead atoms. The van der Waals surface area contributed by atoms with Crippen LogP contribution in [-0.4, -0.2) is 20.9 Å². The van der Waals surface area contributed by atoms with Gasteiger partial charge in [0.15, 0.2) is 9.84 Å². The lowest BCUT2D eigenvalue weighted by Gasteiger charge is -2.04. The summed E-state index contributed by atoms with van der Waals surface area (Å²) in [5.74, 6) is 0. The highest BCUT2D eigenvalue weighted by Gasteiger charge is 2.10. The van der Waals surface area contributed by atoms with Crippen molar-refractivity contribution in [1.29, 1.82) is 0 Å². The van der Waals surface area contributed by atoms with E-state index < -0.39 is 9.84 Å². The monoisotopic (exact) mass is 216 g/mol. The van der Waals surface area contributed by atoms with E-state index in [1.807, 2.05) is 25.3 Å². The number of rotatable bonds is 2. The molecule has 0 aliphatic heterocycles. The van der Waals surface area contributed by atoms with E-state index in [4.69, 9.17) is 0 Å². The molecule has 0 N–H and O–H groups in total. The predicted molar refractivity (Wildman–Crippen MR) is 56.1 cm³/mol. The molecule has 0 radical (unpaired) electrons. The average molecular weight is 216 g/mol. The molecule has 0 saturated carbocycles. The van der Waals surface area contributed by atoms with Crippen molar-refractivity contribution in [2.45, 2.75) is 16.7 Å². The fourth-order valence-corrected chi connectivity index (χ4v) is 2.62. The number of sulfone groups is 1. The first kappa shape index (κ1) is 10.6. The van der Waals surface area contributed by atoms with Gasteiger partial charge in [-0.05, 0) is 36.9 Å². The zero-order valence-electron chi connectivity index (χ0n) is 7.87. The van der Waals surface area contributed by atoms with Crippen LogP contribution >= 0.6 is 11.8 Å². The van der Waals surface area contributed by atoms with Gasteiger partial charge in [-0.2, -0.15) is 0 Å². The van der Waals surface area contributed by atoms with Gasteiger partial charge in [-0.25, -0.2) is 8.42 Å². The lowest BCUT2D eigenvalue weighted by atomic mass is 10.2. The predicted octanol–water partition coefficient (Wildman–Crippen LogP) is 2.12. The quantitative estimate of drug-likeness (QED) is 0.710. The Bertz CT molecular complexity index is 408. The summed E-state index contributed by atoms with van der Waals surface area (Å²) >= 11 is 1.61. The summed E-state index contributed by atoms with van der Waals surface area (Å²) in [5.41, 5.74) is 0.814. The molecule has 0 aliphatic carbocycles. The second-order valence-electron chi connectivity index (χ2n) is 2.90. The maximum atomic E-state index is 11.2. The second-order valence-corrected chi connectivity index (χ2v) is 5.77. The van der Waals surface area contributed by atoms with Crippen molar-refractivity contribution < 1.29 is 8.42 Å². The summed E-state index contributed by atoms with van der Waals surface area (Å²) in [7, 11) is -3.07. The minimum Gasteiger partial charge on any atom is -0.224 e. The Morgan fingerprint density at radius 1 is 1.31 bits per heavy atom. The van der Waals surface area contributed by atoms with E-state index in [9.17, 15) is 8.42 Å². The van der Waals surface area contributed by atoms with Crippen LogP contribution in [0.3, 0.4) is 0 Å². The van der Waals surface area contributed by atoms with Gasteiger partial charge in [-0.15, -0.1) is 11.8 Å². The molecule has 0 spiro atoms. The van der Waals surface area contributed by atoms with Crippen molar-refractivity contribution in [3.8, 4) is 0 Å².